The van der Waals surface area contributed by atoms with Gasteiger partial charge in [0.15, 0.2) is 11.5 Å². The Morgan fingerprint density at radius 1 is 1.46 bits per heavy atom. The number of aromatic nitrogens is 4. The second-order valence-electron chi connectivity index (χ2n) is 4.97. The second kappa shape index (κ2) is 7.14. The Kier molecular flexibility index (Phi) is 4.75. The number of hydrogen-bond donors (Lipinski definition) is 2. The van der Waals surface area contributed by atoms with Gasteiger partial charge in [-0.05, 0) is 28.7 Å². The van der Waals surface area contributed by atoms with Crippen LogP contribution in [0.3, 0.4) is 0 Å². The zero-order valence-electron chi connectivity index (χ0n) is 13.7. The van der Waals surface area contributed by atoms with Crippen LogP contribution in [0.4, 0.5) is 10.9 Å². The highest BCUT2D eigenvalue weighted by molar-refractivity contribution is 7.18. The molecule has 2 N–H and O–H groups in total. The number of hydrazone groups is 1. The lowest BCUT2D eigenvalue weighted by molar-refractivity contribution is -0.391. The number of ether oxygens (including phenoxy) is 1. The maximum absolute atomic E-state index is 10.9. The van der Waals surface area contributed by atoms with E-state index in [1.165, 1.54) is 31.0 Å². The average Bonchev–Trinajstić information content (AvgIpc) is 3.21. The van der Waals surface area contributed by atoms with Crippen LogP contribution in [0.5, 0.6) is 11.5 Å². The molecule has 0 radical (unpaired) electrons. The highest BCUT2D eigenvalue weighted by Crippen LogP contribution is 2.28. The third kappa shape index (κ3) is 3.44. The Hall–Kier alpha value is -3.54. The fraction of sp³-hybridized carbons (Fsp3) is 0.143. The highest BCUT2D eigenvalue weighted by atomic mass is 32.1. The second-order valence-corrected chi connectivity index (χ2v) is 5.95. The van der Waals surface area contributed by atoms with E-state index in [2.05, 4.69) is 25.7 Å². The summed E-state index contributed by atoms with van der Waals surface area (Å²) in [4.78, 5) is 14.3. The third-order valence-electron chi connectivity index (χ3n) is 3.34. The maximum Gasteiger partial charge on any atom is 0.342 e. The number of imidazole rings is 1. The van der Waals surface area contributed by atoms with E-state index in [-0.39, 0.29) is 11.6 Å². The highest BCUT2D eigenvalue weighted by Gasteiger charge is 2.21. The van der Waals surface area contributed by atoms with Crippen molar-refractivity contribution in [3.8, 4) is 22.3 Å². The predicted molar refractivity (Wildman–Crippen MR) is 94.6 cm³/mol. The molecule has 0 aliphatic rings. The van der Waals surface area contributed by atoms with E-state index in [4.69, 9.17) is 4.74 Å². The predicted octanol–water partition coefficient (Wildman–Crippen LogP) is 2.01. The minimum absolute atomic E-state index is 0.00558. The molecule has 3 aromatic rings. The molecule has 1 aromatic carbocycles. The van der Waals surface area contributed by atoms with Crippen LogP contribution in [0.15, 0.2) is 29.5 Å². The van der Waals surface area contributed by atoms with Crippen LogP contribution in [0.1, 0.15) is 5.56 Å². The van der Waals surface area contributed by atoms with Crippen molar-refractivity contribution in [2.24, 2.45) is 12.1 Å². The smallest absolute Gasteiger partial charge is 0.342 e. The van der Waals surface area contributed by atoms with Crippen LogP contribution in [-0.2, 0) is 7.05 Å². The normalized spacial score (nSPS) is 11.0. The average molecular weight is 375 g/mol. The number of nitrogens with zero attached hydrogens (tertiary/aromatic N) is 6. The van der Waals surface area contributed by atoms with Crippen molar-refractivity contribution in [3.63, 3.8) is 0 Å². The molecule has 0 amide bonds. The SMILES string of the molecule is COc1ccc(/C=N/Nc2nnc(-c3ncc([N+](=O)[O-])n3C)s2)cc1O. The number of nitrogens with one attached hydrogen (secondary N) is 1. The summed E-state index contributed by atoms with van der Waals surface area (Å²) in [6, 6.07) is 4.85. The molecule has 0 saturated carbocycles. The van der Waals surface area contributed by atoms with Gasteiger partial charge in [0.1, 0.15) is 6.20 Å². The lowest BCUT2D eigenvalue weighted by Gasteiger charge is -2.02. The number of rotatable bonds is 6. The van der Waals surface area contributed by atoms with E-state index >= 15 is 0 Å². The first-order chi connectivity index (χ1) is 12.5. The van der Waals surface area contributed by atoms with Crippen LogP contribution in [-0.4, -0.2) is 43.1 Å². The molecule has 134 valence electrons. The summed E-state index contributed by atoms with van der Waals surface area (Å²) in [5.74, 6) is 0.576. The first-order valence-corrected chi connectivity index (χ1v) is 7.97. The quantitative estimate of drug-likeness (QED) is 0.379. The van der Waals surface area contributed by atoms with Crippen molar-refractivity contribution in [1.29, 1.82) is 0 Å². The van der Waals surface area contributed by atoms with Crippen molar-refractivity contribution in [2.45, 2.75) is 0 Å². The number of phenolic OH excluding ortho intramolecular Hbond substituents is 1. The molecule has 2 aromatic heterocycles. The fourth-order valence-electron chi connectivity index (χ4n) is 2.08. The number of benzene rings is 1. The van der Waals surface area contributed by atoms with E-state index in [1.54, 1.807) is 12.1 Å². The van der Waals surface area contributed by atoms with Gasteiger partial charge in [-0.1, -0.05) is 11.3 Å². The van der Waals surface area contributed by atoms with Crippen molar-refractivity contribution < 1.29 is 14.8 Å². The summed E-state index contributed by atoms with van der Waals surface area (Å²) in [6.07, 6.45) is 2.66. The molecule has 2 heterocycles. The fourth-order valence-corrected chi connectivity index (χ4v) is 2.80. The molecule has 26 heavy (non-hydrogen) atoms. The molecule has 11 nitrogen and oxygen atoms in total. The number of methoxy groups -OCH3 is 1. The van der Waals surface area contributed by atoms with Gasteiger partial charge in [0, 0.05) is 0 Å². The van der Waals surface area contributed by atoms with E-state index in [9.17, 15) is 15.2 Å². The van der Waals surface area contributed by atoms with Gasteiger partial charge in [0.25, 0.3) is 5.82 Å². The van der Waals surface area contributed by atoms with Crippen molar-refractivity contribution >= 4 is 28.5 Å². The largest absolute Gasteiger partial charge is 0.504 e. The van der Waals surface area contributed by atoms with Crippen molar-refractivity contribution in [2.75, 3.05) is 12.5 Å². The number of phenols is 1. The number of aromatic hydroxyl groups is 1. The zero-order valence-corrected chi connectivity index (χ0v) is 14.5. The number of anilines is 1. The van der Waals surface area contributed by atoms with Crippen LogP contribution >= 0.6 is 11.3 Å². The van der Waals surface area contributed by atoms with Crippen LogP contribution in [0, 0.1) is 10.1 Å². The first kappa shape index (κ1) is 17.3. The molecule has 0 atom stereocenters. The topological polar surface area (TPSA) is 141 Å². The lowest BCUT2D eigenvalue weighted by Crippen LogP contribution is -1.98. The van der Waals surface area contributed by atoms with Gasteiger partial charge in [-0.3, -0.25) is 5.43 Å². The van der Waals surface area contributed by atoms with Crippen LogP contribution in [0.25, 0.3) is 10.8 Å². The zero-order chi connectivity index (χ0) is 18.7. The first-order valence-electron chi connectivity index (χ1n) is 7.15. The molecule has 0 aliphatic heterocycles. The number of nitro groups is 1. The van der Waals surface area contributed by atoms with Crippen molar-refractivity contribution in [1.82, 2.24) is 19.7 Å². The summed E-state index contributed by atoms with van der Waals surface area (Å²) >= 11 is 1.15. The molecule has 0 unspecified atom stereocenters. The summed E-state index contributed by atoms with van der Waals surface area (Å²) in [5, 5.41) is 33.3. The number of hydrogen-bond acceptors (Lipinski definition) is 10. The summed E-state index contributed by atoms with van der Waals surface area (Å²) in [5.41, 5.74) is 3.36. The standard InChI is InChI=1S/C14H13N7O4S/c1-20-11(21(23)24)7-15-12(20)13-17-19-14(26-13)18-16-6-8-3-4-10(25-2)9(22)5-8/h3-7,22H,1-2H3,(H,18,19)/b16-6+. The molecule has 0 bridgehead atoms. The molecule has 0 spiro atoms. The van der Waals surface area contributed by atoms with Crippen LogP contribution < -0.4 is 10.2 Å². The summed E-state index contributed by atoms with van der Waals surface area (Å²) < 4.78 is 6.29. The van der Waals surface area contributed by atoms with Gasteiger partial charge in [-0.25, -0.2) is 9.55 Å². The molecule has 0 fully saturated rings. The molecular weight excluding hydrogens is 362 g/mol. The van der Waals surface area contributed by atoms with E-state index in [0.29, 0.717) is 27.3 Å². The van der Waals surface area contributed by atoms with Gasteiger partial charge < -0.3 is 20.0 Å². The van der Waals surface area contributed by atoms with Gasteiger partial charge >= 0.3 is 5.82 Å². The van der Waals surface area contributed by atoms with Crippen molar-refractivity contribution in [3.05, 3.63) is 40.1 Å². The van der Waals surface area contributed by atoms with Gasteiger partial charge in [0.2, 0.25) is 10.1 Å². The molecule has 12 heteroatoms. The maximum atomic E-state index is 10.9. The molecular formula is C14H13N7O4S. The Morgan fingerprint density at radius 2 is 2.27 bits per heavy atom. The van der Waals surface area contributed by atoms with Gasteiger partial charge in [0.05, 0.1) is 20.4 Å². The third-order valence-corrected chi connectivity index (χ3v) is 4.17. The Balaban J connectivity index is 1.71. The van der Waals surface area contributed by atoms with E-state index in [1.807, 2.05) is 0 Å². The Labute approximate surface area is 150 Å². The lowest BCUT2D eigenvalue weighted by atomic mass is 10.2. The minimum atomic E-state index is -0.523. The molecule has 0 aliphatic carbocycles. The summed E-state index contributed by atoms with van der Waals surface area (Å²) in [6.45, 7) is 0. The van der Waals surface area contributed by atoms with Gasteiger partial charge in [-0.15, -0.1) is 10.2 Å². The van der Waals surface area contributed by atoms with Gasteiger partial charge in [-0.2, -0.15) is 5.10 Å². The van der Waals surface area contributed by atoms with E-state index in [0.717, 1.165) is 17.5 Å². The monoisotopic (exact) mass is 375 g/mol. The molecule has 0 saturated heterocycles. The van der Waals surface area contributed by atoms with E-state index < -0.39 is 4.92 Å². The van der Waals surface area contributed by atoms with Crippen LogP contribution in [0.2, 0.25) is 0 Å². The minimum Gasteiger partial charge on any atom is -0.504 e. The Morgan fingerprint density at radius 3 is 2.92 bits per heavy atom. The molecule has 3 rings (SSSR count). The summed E-state index contributed by atoms with van der Waals surface area (Å²) in [7, 11) is 3.00. The Bertz CT molecular complexity index is 982.